The smallest absolute Gasteiger partial charge is 0.257 e. The summed E-state index contributed by atoms with van der Waals surface area (Å²) >= 11 is 0. The van der Waals surface area contributed by atoms with E-state index in [4.69, 9.17) is 9.47 Å². The van der Waals surface area contributed by atoms with Gasteiger partial charge >= 0.3 is 0 Å². The molecule has 1 saturated heterocycles. The van der Waals surface area contributed by atoms with Crippen LogP contribution in [0.4, 0.5) is 11.4 Å². The Morgan fingerprint density at radius 3 is 2.29 bits per heavy atom. The van der Waals surface area contributed by atoms with Crippen LogP contribution in [-0.2, 0) is 9.53 Å². The van der Waals surface area contributed by atoms with Crippen LogP contribution in [-0.4, -0.2) is 56.2 Å². The molecule has 182 valence electrons. The number of amides is 2. The molecule has 0 bridgehead atoms. The summed E-state index contributed by atoms with van der Waals surface area (Å²) in [6, 6.07) is 22.5. The van der Waals surface area contributed by atoms with E-state index in [1.54, 1.807) is 25.3 Å². The number of carbonyl (C=O) groups is 2. The van der Waals surface area contributed by atoms with Gasteiger partial charge in [-0.05, 0) is 41.8 Å². The minimum absolute atomic E-state index is 0.149. The van der Waals surface area contributed by atoms with Crippen molar-refractivity contribution in [2.24, 2.45) is 0 Å². The fraction of sp³-hybridized carbons (Fsp3) is 0.286. The number of benzene rings is 3. The molecule has 1 unspecified atom stereocenters. The van der Waals surface area contributed by atoms with Gasteiger partial charge in [-0.15, -0.1) is 0 Å². The van der Waals surface area contributed by atoms with Crippen LogP contribution in [0.15, 0.2) is 72.8 Å². The number of hydrogen-bond donors (Lipinski definition) is 2. The van der Waals surface area contributed by atoms with Crippen LogP contribution in [0.1, 0.15) is 23.7 Å². The first-order chi connectivity index (χ1) is 17.1. The van der Waals surface area contributed by atoms with Crippen LogP contribution >= 0.6 is 0 Å². The highest BCUT2D eigenvalue weighted by Crippen LogP contribution is 2.26. The molecule has 2 N–H and O–H groups in total. The lowest BCUT2D eigenvalue weighted by Gasteiger charge is -2.33. The molecular weight excluding hydrogens is 442 g/mol. The molecule has 7 heteroatoms. The number of nitrogens with one attached hydrogen (secondary N) is 2. The normalized spacial score (nSPS) is 14.7. The summed E-state index contributed by atoms with van der Waals surface area (Å²) in [6.07, 6.45) is 0.658. The fourth-order valence-electron chi connectivity index (χ4n) is 4.24. The van der Waals surface area contributed by atoms with E-state index in [0.29, 0.717) is 55.4 Å². The van der Waals surface area contributed by atoms with Crippen LogP contribution in [0.25, 0.3) is 11.1 Å². The minimum atomic E-state index is -0.310. The molecule has 1 aliphatic rings. The molecule has 0 spiro atoms. The minimum Gasteiger partial charge on any atom is -0.497 e. The van der Waals surface area contributed by atoms with Gasteiger partial charge in [-0.25, -0.2) is 0 Å². The Morgan fingerprint density at radius 2 is 1.63 bits per heavy atom. The number of carbonyl (C=O) groups excluding carboxylic acids is 2. The summed E-state index contributed by atoms with van der Waals surface area (Å²) in [7, 11) is 1.55. The Hall–Kier alpha value is -3.68. The Bertz CT molecular complexity index is 1140. The number of methoxy groups -OCH3 is 1. The maximum absolute atomic E-state index is 13.2. The molecular formula is C28H31N3O4. The first kappa shape index (κ1) is 24.4. The summed E-state index contributed by atoms with van der Waals surface area (Å²) in [5.41, 5.74) is 3.62. The average Bonchev–Trinajstić information content (AvgIpc) is 2.90. The van der Waals surface area contributed by atoms with Gasteiger partial charge in [-0.3, -0.25) is 14.5 Å². The molecule has 0 aliphatic carbocycles. The first-order valence-electron chi connectivity index (χ1n) is 11.9. The van der Waals surface area contributed by atoms with Gasteiger partial charge in [0.05, 0.1) is 37.6 Å². The second kappa shape index (κ2) is 11.6. The van der Waals surface area contributed by atoms with Crippen molar-refractivity contribution >= 4 is 23.2 Å². The Morgan fingerprint density at radius 1 is 0.943 bits per heavy atom. The van der Waals surface area contributed by atoms with Gasteiger partial charge in [-0.1, -0.05) is 49.4 Å². The zero-order chi connectivity index (χ0) is 24.6. The summed E-state index contributed by atoms with van der Waals surface area (Å²) < 4.78 is 10.8. The van der Waals surface area contributed by atoms with Crippen LogP contribution in [0.5, 0.6) is 5.75 Å². The summed E-state index contributed by atoms with van der Waals surface area (Å²) in [5.74, 6) is 0.0993. The molecule has 1 aliphatic heterocycles. The van der Waals surface area contributed by atoms with Gasteiger partial charge in [-0.2, -0.15) is 0 Å². The van der Waals surface area contributed by atoms with Gasteiger partial charge in [0.2, 0.25) is 5.91 Å². The quantitative estimate of drug-likeness (QED) is 0.497. The third-order valence-electron chi connectivity index (χ3n) is 6.15. The van der Waals surface area contributed by atoms with E-state index in [9.17, 15) is 9.59 Å². The SMILES string of the molecule is CCC(C(=O)Nc1cc(OC)ccc1C(=O)Nc1ccc(-c2ccccc2)cc1)N1CCOCC1. The van der Waals surface area contributed by atoms with Crippen molar-refractivity contribution in [3.05, 3.63) is 78.4 Å². The van der Waals surface area contributed by atoms with Gasteiger partial charge < -0.3 is 20.1 Å². The highest BCUT2D eigenvalue weighted by molar-refractivity contribution is 6.10. The summed E-state index contributed by atoms with van der Waals surface area (Å²) in [5, 5.41) is 5.91. The van der Waals surface area contributed by atoms with E-state index >= 15 is 0 Å². The molecule has 1 fully saturated rings. The summed E-state index contributed by atoms with van der Waals surface area (Å²) in [4.78, 5) is 28.5. The summed E-state index contributed by atoms with van der Waals surface area (Å²) in [6.45, 7) is 4.62. The van der Waals surface area contributed by atoms with E-state index in [0.717, 1.165) is 11.1 Å². The predicted octanol–water partition coefficient (Wildman–Crippen LogP) is 4.66. The zero-order valence-corrected chi connectivity index (χ0v) is 20.1. The van der Waals surface area contributed by atoms with E-state index in [-0.39, 0.29) is 17.9 Å². The molecule has 1 heterocycles. The monoisotopic (exact) mass is 473 g/mol. The van der Waals surface area contributed by atoms with Crippen LogP contribution in [0, 0.1) is 0 Å². The molecule has 1 atom stereocenters. The third-order valence-corrected chi connectivity index (χ3v) is 6.15. The number of nitrogens with zero attached hydrogens (tertiary/aromatic N) is 1. The number of morpholine rings is 1. The van der Waals surface area contributed by atoms with E-state index in [2.05, 4.69) is 15.5 Å². The Balaban J connectivity index is 1.51. The molecule has 4 rings (SSSR count). The molecule has 35 heavy (non-hydrogen) atoms. The largest absolute Gasteiger partial charge is 0.497 e. The van der Waals surface area contributed by atoms with Gasteiger partial charge in [0.15, 0.2) is 0 Å². The highest BCUT2D eigenvalue weighted by atomic mass is 16.5. The van der Waals surface area contributed by atoms with Crippen LogP contribution in [0.2, 0.25) is 0 Å². The topological polar surface area (TPSA) is 79.9 Å². The van der Waals surface area contributed by atoms with Crippen molar-refractivity contribution in [3.63, 3.8) is 0 Å². The molecule has 7 nitrogen and oxygen atoms in total. The van der Waals surface area contributed by atoms with E-state index < -0.39 is 0 Å². The van der Waals surface area contributed by atoms with Gasteiger partial charge in [0, 0.05) is 24.8 Å². The number of rotatable bonds is 8. The van der Waals surface area contributed by atoms with Crippen molar-refractivity contribution in [2.45, 2.75) is 19.4 Å². The molecule has 0 radical (unpaired) electrons. The first-order valence-corrected chi connectivity index (χ1v) is 11.9. The number of ether oxygens (including phenoxy) is 2. The van der Waals surface area contributed by atoms with E-state index in [1.807, 2.05) is 61.5 Å². The van der Waals surface area contributed by atoms with Crippen LogP contribution < -0.4 is 15.4 Å². The number of anilines is 2. The molecule has 0 saturated carbocycles. The number of hydrogen-bond acceptors (Lipinski definition) is 5. The van der Waals surface area contributed by atoms with Crippen molar-refractivity contribution in [1.29, 1.82) is 0 Å². The maximum Gasteiger partial charge on any atom is 0.257 e. The highest BCUT2D eigenvalue weighted by Gasteiger charge is 2.27. The lowest BCUT2D eigenvalue weighted by Crippen LogP contribution is -2.49. The standard InChI is InChI=1S/C28H31N3O4/c1-3-26(31-15-17-35-18-16-31)28(33)30-25-19-23(34-2)13-14-24(25)27(32)29-22-11-9-21(10-12-22)20-7-5-4-6-8-20/h4-14,19,26H,3,15-18H2,1-2H3,(H,29,32)(H,30,33). The van der Waals surface area contributed by atoms with Crippen molar-refractivity contribution in [3.8, 4) is 16.9 Å². The molecule has 2 amide bonds. The lowest BCUT2D eigenvalue weighted by atomic mass is 10.1. The van der Waals surface area contributed by atoms with Crippen molar-refractivity contribution in [2.75, 3.05) is 44.0 Å². The Kier molecular flexibility index (Phi) is 8.13. The second-order valence-corrected chi connectivity index (χ2v) is 8.37. The fourth-order valence-corrected chi connectivity index (χ4v) is 4.24. The van der Waals surface area contributed by atoms with Crippen LogP contribution in [0.3, 0.4) is 0 Å². The molecule has 0 aromatic heterocycles. The van der Waals surface area contributed by atoms with Gasteiger partial charge in [0.1, 0.15) is 5.75 Å². The van der Waals surface area contributed by atoms with Crippen molar-refractivity contribution < 1.29 is 19.1 Å². The average molecular weight is 474 g/mol. The predicted molar refractivity (Wildman–Crippen MR) is 138 cm³/mol. The van der Waals surface area contributed by atoms with E-state index in [1.165, 1.54) is 0 Å². The van der Waals surface area contributed by atoms with Crippen molar-refractivity contribution in [1.82, 2.24) is 4.90 Å². The maximum atomic E-state index is 13.2. The third kappa shape index (κ3) is 6.07. The second-order valence-electron chi connectivity index (χ2n) is 8.37. The lowest BCUT2D eigenvalue weighted by molar-refractivity contribution is -0.123. The van der Waals surface area contributed by atoms with Gasteiger partial charge in [0.25, 0.3) is 5.91 Å². The Labute approximate surface area is 206 Å². The zero-order valence-electron chi connectivity index (χ0n) is 20.1. The molecule has 3 aromatic carbocycles. The molecule has 3 aromatic rings.